The molecule has 2 heterocycles. The molecule has 2 aromatic heterocycles. The lowest BCUT2D eigenvalue weighted by molar-refractivity contribution is 0.467. The van der Waals surface area contributed by atoms with E-state index in [1.807, 2.05) is 16.7 Å². The molecule has 0 radical (unpaired) electrons. The smallest absolute Gasteiger partial charge is 0.195 e. The summed E-state index contributed by atoms with van der Waals surface area (Å²) in [5.41, 5.74) is 0.989. The molecule has 0 spiro atoms. The zero-order valence-electron chi connectivity index (χ0n) is 10.1. The van der Waals surface area contributed by atoms with Crippen LogP contribution in [0.15, 0.2) is 24.5 Å². The van der Waals surface area contributed by atoms with Crippen molar-refractivity contribution >= 4 is 12.2 Å². The minimum Gasteiger partial charge on any atom is -0.300 e. The van der Waals surface area contributed by atoms with Crippen molar-refractivity contribution in [2.75, 3.05) is 0 Å². The van der Waals surface area contributed by atoms with Gasteiger partial charge in [-0.2, -0.15) is 5.10 Å². The molecule has 1 unspecified atom stereocenters. The minimum atomic E-state index is 0.578. The van der Waals surface area contributed by atoms with E-state index in [0.717, 1.165) is 24.4 Å². The molecule has 0 aliphatic carbocycles. The first-order valence-electron chi connectivity index (χ1n) is 5.78. The van der Waals surface area contributed by atoms with Crippen molar-refractivity contribution in [2.24, 2.45) is 5.92 Å². The number of rotatable bonds is 4. The van der Waals surface area contributed by atoms with Gasteiger partial charge in [0.05, 0.1) is 0 Å². The van der Waals surface area contributed by atoms with Gasteiger partial charge in [0.25, 0.3) is 0 Å². The summed E-state index contributed by atoms with van der Waals surface area (Å²) in [6.07, 6.45) is 4.68. The van der Waals surface area contributed by atoms with Crippen LogP contribution in [0.1, 0.15) is 20.3 Å². The summed E-state index contributed by atoms with van der Waals surface area (Å²) in [6.45, 7) is 5.27. The van der Waals surface area contributed by atoms with Gasteiger partial charge in [-0.05, 0) is 30.3 Å². The maximum Gasteiger partial charge on any atom is 0.195 e. The van der Waals surface area contributed by atoms with Crippen LogP contribution in [0.2, 0.25) is 0 Å². The van der Waals surface area contributed by atoms with Crippen LogP contribution in [-0.4, -0.2) is 19.7 Å². The van der Waals surface area contributed by atoms with E-state index in [1.165, 1.54) is 0 Å². The number of H-pyrrole nitrogens is 1. The van der Waals surface area contributed by atoms with E-state index < -0.39 is 0 Å². The van der Waals surface area contributed by atoms with Crippen LogP contribution in [0.4, 0.5) is 0 Å². The standard InChI is InChI=1S/C12H16N4S/c1-3-9(2)8-16-11(14-15-12(16)17)10-5-4-6-13-7-10/h4-7,9H,3,8H2,1-2H3,(H,15,17). The molecule has 0 bridgehead atoms. The third-order valence-electron chi connectivity index (χ3n) is 2.87. The van der Waals surface area contributed by atoms with Gasteiger partial charge < -0.3 is 0 Å². The maximum absolute atomic E-state index is 5.26. The van der Waals surface area contributed by atoms with Crippen molar-refractivity contribution in [3.8, 4) is 11.4 Å². The lowest BCUT2D eigenvalue weighted by Gasteiger charge is -2.11. The zero-order chi connectivity index (χ0) is 12.3. The first-order chi connectivity index (χ1) is 8.22. The molecule has 5 heteroatoms. The SMILES string of the molecule is CCC(C)Cn1c(-c2cccnc2)n[nH]c1=S. The Morgan fingerprint density at radius 2 is 2.35 bits per heavy atom. The van der Waals surface area contributed by atoms with Gasteiger partial charge in [0.1, 0.15) is 0 Å². The van der Waals surface area contributed by atoms with E-state index in [1.54, 1.807) is 12.4 Å². The molecule has 0 aromatic carbocycles. The molecule has 0 aliphatic rings. The van der Waals surface area contributed by atoms with Crippen molar-refractivity contribution in [3.05, 3.63) is 29.3 Å². The van der Waals surface area contributed by atoms with E-state index >= 15 is 0 Å². The van der Waals surface area contributed by atoms with Gasteiger partial charge in [0.15, 0.2) is 10.6 Å². The first-order valence-corrected chi connectivity index (χ1v) is 6.18. The molecule has 1 atom stereocenters. The molecular formula is C12H16N4S. The number of aromatic nitrogens is 4. The molecule has 0 aliphatic heterocycles. The Hall–Kier alpha value is -1.49. The van der Waals surface area contributed by atoms with Crippen LogP contribution in [0.25, 0.3) is 11.4 Å². The fourth-order valence-electron chi connectivity index (χ4n) is 1.64. The van der Waals surface area contributed by atoms with Crippen LogP contribution in [0, 0.1) is 10.7 Å². The highest BCUT2D eigenvalue weighted by Crippen LogP contribution is 2.17. The summed E-state index contributed by atoms with van der Waals surface area (Å²) in [4.78, 5) is 4.11. The summed E-state index contributed by atoms with van der Waals surface area (Å²) in [5.74, 6) is 1.44. The van der Waals surface area contributed by atoms with Gasteiger partial charge >= 0.3 is 0 Å². The number of hydrogen-bond donors (Lipinski definition) is 1. The molecule has 4 nitrogen and oxygen atoms in total. The zero-order valence-corrected chi connectivity index (χ0v) is 10.9. The van der Waals surface area contributed by atoms with E-state index in [-0.39, 0.29) is 0 Å². The van der Waals surface area contributed by atoms with E-state index in [4.69, 9.17) is 12.2 Å². The highest BCUT2D eigenvalue weighted by molar-refractivity contribution is 7.71. The van der Waals surface area contributed by atoms with Crippen molar-refractivity contribution in [1.82, 2.24) is 19.7 Å². The maximum atomic E-state index is 5.26. The molecule has 0 amide bonds. The van der Waals surface area contributed by atoms with Crippen LogP contribution < -0.4 is 0 Å². The molecule has 0 fully saturated rings. The third-order valence-corrected chi connectivity index (χ3v) is 3.18. The van der Waals surface area contributed by atoms with Gasteiger partial charge in [0.2, 0.25) is 0 Å². The van der Waals surface area contributed by atoms with Crippen molar-refractivity contribution in [1.29, 1.82) is 0 Å². The molecule has 17 heavy (non-hydrogen) atoms. The monoisotopic (exact) mass is 248 g/mol. The largest absolute Gasteiger partial charge is 0.300 e. The Morgan fingerprint density at radius 1 is 1.53 bits per heavy atom. The summed E-state index contributed by atoms with van der Waals surface area (Å²) >= 11 is 5.26. The van der Waals surface area contributed by atoms with Crippen LogP contribution in [0.5, 0.6) is 0 Å². The van der Waals surface area contributed by atoms with E-state index in [9.17, 15) is 0 Å². The number of pyridine rings is 1. The summed E-state index contributed by atoms with van der Waals surface area (Å²) in [5, 5.41) is 7.13. The van der Waals surface area contributed by atoms with Gasteiger partial charge in [-0.15, -0.1) is 0 Å². The van der Waals surface area contributed by atoms with Crippen molar-refractivity contribution in [3.63, 3.8) is 0 Å². The predicted octanol–water partition coefficient (Wildman–Crippen LogP) is 3.05. The number of nitrogens with one attached hydrogen (secondary N) is 1. The lowest BCUT2D eigenvalue weighted by atomic mass is 10.1. The molecule has 2 aromatic rings. The van der Waals surface area contributed by atoms with Gasteiger partial charge in [0, 0.05) is 24.5 Å². The molecule has 0 saturated heterocycles. The minimum absolute atomic E-state index is 0.578. The summed E-state index contributed by atoms with van der Waals surface area (Å²) in [7, 11) is 0. The predicted molar refractivity (Wildman–Crippen MR) is 70.1 cm³/mol. The second-order valence-electron chi connectivity index (χ2n) is 4.22. The normalized spacial score (nSPS) is 12.6. The van der Waals surface area contributed by atoms with Crippen molar-refractivity contribution < 1.29 is 0 Å². The molecular weight excluding hydrogens is 232 g/mol. The highest BCUT2D eigenvalue weighted by Gasteiger charge is 2.10. The lowest BCUT2D eigenvalue weighted by Crippen LogP contribution is -2.08. The average Bonchev–Trinajstić information content (AvgIpc) is 2.72. The Balaban J connectivity index is 2.39. The molecule has 0 saturated carbocycles. The summed E-state index contributed by atoms with van der Waals surface area (Å²) in [6, 6.07) is 3.89. The van der Waals surface area contributed by atoms with Crippen LogP contribution in [-0.2, 0) is 6.54 Å². The van der Waals surface area contributed by atoms with Gasteiger partial charge in [-0.1, -0.05) is 20.3 Å². The quantitative estimate of drug-likeness (QED) is 0.846. The molecule has 2 rings (SSSR count). The fourth-order valence-corrected chi connectivity index (χ4v) is 1.85. The van der Waals surface area contributed by atoms with Gasteiger partial charge in [-0.25, -0.2) is 0 Å². The summed E-state index contributed by atoms with van der Waals surface area (Å²) < 4.78 is 2.71. The van der Waals surface area contributed by atoms with Crippen molar-refractivity contribution in [2.45, 2.75) is 26.8 Å². The Labute approximate surface area is 106 Å². The number of aromatic amines is 1. The average molecular weight is 248 g/mol. The van der Waals surface area contributed by atoms with E-state index in [2.05, 4.69) is 29.0 Å². The topological polar surface area (TPSA) is 46.5 Å². The number of hydrogen-bond acceptors (Lipinski definition) is 3. The Bertz CT molecular complexity index is 529. The first kappa shape index (κ1) is 12.0. The second-order valence-corrected chi connectivity index (χ2v) is 4.60. The Kier molecular flexibility index (Phi) is 3.68. The number of nitrogens with zero attached hydrogens (tertiary/aromatic N) is 3. The van der Waals surface area contributed by atoms with Gasteiger partial charge in [-0.3, -0.25) is 14.6 Å². The fraction of sp³-hybridized carbons (Fsp3) is 0.417. The third kappa shape index (κ3) is 2.61. The second kappa shape index (κ2) is 5.23. The van der Waals surface area contributed by atoms with Crippen LogP contribution >= 0.6 is 12.2 Å². The Morgan fingerprint density at radius 3 is 3.00 bits per heavy atom. The van der Waals surface area contributed by atoms with Crippen LogP contribution in [0.3, 0.4) is 0 Å². The highest BCUT2D eigenvalue weighted by atomic mass is 32.1. The molecule has 1 N–H and O–H groups in total. The molecule has 90 valence electrons. The van der Waals surface area contributed by atoms with E-state index in [0.29, 0.717) is 10.7 Å².